The highest BCUT2D eigenvalue weighted by atomic mass is 19.1. The van der Waals surface area contributed by atoms with Crippen LogP contribution in [0.4, 0.5) is 9.18 Å². The Balaban J connectivity index is 2.07. The van der Waals surface area contributed by atoms with Crippen LogP contribution in [0.1, 0.15) is 73.0 Å². The maximum absolute atomic E-state index is 13.9. The summed E-state index contributed by atoms with van der Waals surface area (Å²) in [4.78, 5) is 53.5. The van der Waals surface area contributed by atoms with Crippen molar-refractivity contribution in [3.8, 4) is 11.5 Å². The van der Waals surface area contributed by atoms with Crippen LogP contribution in [0.25, 0.3) is 0 Å². The average molecular weight is 623 g/mol. The minimum atomic E-state index is -0.947. The molecule has 1 heterocycles. The summed E-state index contributed by atoms with van der Waals surface area (Å²) >= 11 is 0. The van der Waals surface area contributed by atoms with Crippen LogP contribution in [0.3, 0.4) is 0 Å². The zero-order valence-electron chi connectivity index (χ0n) is 26.1. The molecule has 12 heteroatoms. The molecule has 1 aromatic heterocycles. The second-order valence-corrected chi connectivity index (χ2v) is 11.3. The number of carbonyl (C=O) groups excluding carboxylic acids is 3. The van der Waals surface area contributed by atoms with Crippen molar-refractivity contribution in [2.45, 2.75) is 65.8 Å². The van der Waals surface area contributed by atoms with Gasteiger partial charge in [-0.2, -0.15) is 0 Å². The van der Waals surface area contributed by atoms with Crippen LogP contribution < -0.4 is 31.0 Å². The van der Waals surface area contributed by atoms with Gasteiger partial charge in [-0.05, 0) is 52.7 Å². The Labute approximate surface area is 261 Å². The normalized spacial score (nSPS) is 11.0. The van der Waals surface area contributed by atoms with Crippen molar-refractivity contribution in [1.82, 2.24) is 15.3 Å². The van der Waals surface area contributed by atoms with Gasteiger partial charge in [-0.1, -0.05) is 42.5 Å². The third-order valence-electron chi connectivity index (χ3n) is 5.93. The van der Waals surface area contributed by atoms with Crippen molar-refractivity contribution in [3.63, 3.8) is 0 Å². The minimum absolute atomic E-state index is 0.115. The van der Waals surface area contributed by atoms with Gasteiger partial charge in [0.05, 0.1) is 6.61 Å². The molecule has 0 aliphatic carbocycles. The topological polar surface area (TPSA) is 137 Å². The summed E-state index contributed by atoms with van der Waals surface area (Å²) in [6.07, 6.45) is 2.25. The molecule has 11 nitrogen and oxygen atoms in total. The van der Waals surface area contributed by atoms with Crippen molar-refractivity contribution in [2.75, 3.05) is 12.0 Å². The predicted octanol–water partition coefficient (Wildman–Crippen LogP) is 5.07. The van der Waals surface area contributed by atoms with Crippen LogP contribution in [-0.2, 0) is 17.9 Å². The first-order valence-corrected chi connectivity index (χ1v) is 14.4. The summed E-state index contributed by atoms with van der Waals surface area (Å²) in [5.41, 5.74) is 1.01. The summed E-state index contributed by atoms with van der Waals surface area (Å²) < 4.78 is 31.7. The lowest BCUT2D eigenvalue weighted by Crippen LogP contribution is -2.40. The molecule has 3 N–H and O–H groups in total. The number of ether oxygens (including phenoxy) is 3. The number of benzene rings is 2. The Morgan fingerprint density at radius 2 is 1.76 bits per heavy atom. The summed E-state index contributed by atoms with van der Waals surface area (Å²) in [7, 11) is 0. The van der Waals surface area contributed by atoms with E-state index in [1.165, 1.54) is 18.2 Å². The molecule has 240 valence electrons. The van der Waals surface area contributed by atoms with Gasteiger partial charge in [-0.15, -0.1) is 6.58 Å². The van der Waals surface area contributed by atoms with E-state index in [1.807, 2.05) is 6.07 Å². The summed E-state index contributed by atoms with van der Waals surface area (Å²) in [5, 5.41) is 5.32. The Hall–Kier alpha value is -5.13. The number of aromatic nitrogens is 1. The van der Waals surface area contributed by atoms with Crippen molar-refractivity contribution in [1.29, 1.82) is 0 Å². The van der Waals surface area contributed by atoms with Gasteiger partial charge in [-0.3, -0.25) is 14.4 Å². The van der Waals surface area contributed by atoms with E-state index in [0.29, 0.717) is 17.5 Å². The highest BCUT2D eigenvalue weighted by Crippen LogP contribution is 2.21. The molecule has 0 fully saturated rings. The van der Waals surface area contributed by atoms with Crippen LogP contribution in [0, 0.1) is 5.82 Å². The van der Waals surface area contributed by atoms with E-state index in [9.17, 15) is 23.6 Å². The van der Waals surface area contributed by atoms with Gasteiger partial charge in [0.25, 0.3) is 11.8 Å². The lowest BCUT2D eigenvalue weighted by Gasteiger charge is -2.23. The zero-order valence-corrected chi connectivity index (χ0v) is 26.1. The van der Waals surface area contributed by atoms with Crippen LogP contribution >= 0.6 is 0 Å². The lowest BCUT2D eigenvalue weighted by atomic mass is 10.1. The molecule has 3 aromatic rings. The van der Waals surface area contributed by atoms with E-state index in [-0.39, 0.29) is 37.2 Å². The summed E-state index contributed by atoms with van der Waals surface area (Å²) in [6, 6.07) is 12.4. The third-order valence-corrected chi connectivity index (χ3v) is 5.93. The number of pyridine rings is 1. The zero-order chi connectivity index (χ0) is 33.1. The SMILES string of the molecule is C=CCCOc1cc(F)ccc1CNC(=O)c1cn(NC(=O)OC(C)(C)C)c(C(=O)NC(C)C)c(OCc2ccccc2)c1=O. The number of carbonyl (C=O) groups is 3. The smallest absolute Gasteiger partial charge is 0.426 e. The Bertz CT molecular complexity index is 1580. The highest BCUT2D eigenvalue weighted by molar-refractivity contribution is 5.99. The molecule has 3 rings (SSSR count). The first-order valence-electron chi connectivity index (χ1n) is 14.4. The number of nitrogens with zero attached hydrogens (tertiary/aromatic N) is 1. The second kappa shape index (κ2) is 15.6. The van der Waals surface area contributed by atoms with E-state index < -0.39 is 46.1 Å². The van der Waals surface area contributed by atoms with Gasteiger partial charge < -0.3 is 24.8 Å². The fraction of sp³-hybridized carbons (Fsp3) is 0.333. The Kier molecular flexibility index (Phi) is 11.9. The van der Waals surface area contributed by atoms with E-state index in [4.69, 9.17) is 14.2 Å². The van der Waals surface area contributed by atoms with Gasteiger partial charge in [-0.25, -0.2) is 19.3 Å². The summed E-state index contributed by atoms with van der Waals surface area (Å²) in [6.45, 7) is 12.0. The standard InChI is InChI=1S/C33H39FN4O7/c1-7-8-16-43-26-17-24(34)15-14-23(26)18-35-30(40)25-19-38(37-32(42)45-33(4,5)6)27(31(41)36-21(2)3)29(28(25)39)44-20-22-12-10-9-11-13-22/h7,9-15,17,19,21H,1,8,16,18,20H2,2-6H3,(H,35,40)(H,36,41)(H,37,42). The molecular formula is C33H39FN4O7. The Morgan fingerprint density at radius 3 is 2.40 bits per heavy atom. The largest absolute Gasteiger partial charge is 0.493 e. The summed E-state index contributed by atoms with van der Waals surface area (Å²) in [5.74, 6) is -2.35. The lowest BCUT2D eigenvalue weighted by molar-refractivity contribution is 0.0611. The maximum atomic E-state index is 13.9. The van der Waals surface area contributed by atoms with Gasteiger partial charge in [0, 0.05) is 30.4 Å². The molecule has 0 aliphatic rings. The van der Waals surface area contributed by atoms with Crippen molar-refractivity contribution < 1.29 is 33.0 Å². The fourth-order valence-electron chi connectivity index (χ4n) is 3.98. The first-order chi connectivity index (χ1) is 21.3. The molecule has 45 heavy (non-hydrogen) atoms. The maximum Gasteiger partial charge on any atom is 0.426 e. The molecule has 0 saturated carbocycles. The van der Waals surface area contributed by atoms with Gasteiger partial charge in [0.2, 0.25) is 5.43 Å². The van der Waals surface area contributed by atoms with Crippen molar-refractivity contribution in [3.05, 3.63) is 106 Å². The average Bonchev–Trinajstić information content (AvgIpc) is 2.95. The molecule has 0 spiro atoms. The van der Waals surface area contributed by atoms with Gasteiger partial charge >= 0.3 is 6.09 Å². The monoisotopic (exact) mass is 622 g/mol. The molecule has 0 bridgehead atoms. The molecule has 0 saturated heterocycles. The Morgan fingerprint density at radius 1 is 1.04 bits per heavy atom. The van der Waals surface area contributed by atoms with E-state index >= 15 is 0 Å². The van der Waals surface area contributed by atoms with Crippen molar-refractivity contribution >= 4 is 17.9 Å². The van der Waals surface area contributed by atoms with Crippen LogP contribution in [0.2, 0.25) is 0 Å². The van der Waals surface area contributed by atoms with Crippen LogP contribution in [0.15, 0.2) is 72.2 Å². The molecular weight excluding hydrogens is 583 g/mol. The molecule has 0 radical (unpaired) electrons. The number of rotatable bonds is 13. The van der Waals surface area contributed by atoms with Crippen molar-refractivity contribution in [2.24, 2.45) is 0 Å². The van der Waals surface area contributed by atoms with E-state index in [2.05, 4.69) is 22.6 Å². The number of nitrogens with one attached hydrogen (secondary N) is 3. The van der Waals surface area contributed by atoms with Crippen LogP contribution in [0.5, 0.6) is 11.5 Å². The molecule has 3 amide bonds. The highest BCUT2D eigenvalue weighted by Gasteiger charge is 2.28. The number of amides is 3. The van der Waals surface area contributed by atoms with Gasteiger partial charge in [0.1, 0.15) is 29.3 Å². The first kappa shape index (κ1) is 34.4. The number of halogens is 1. The van der Waals surface area contributed by atoms with E-state index in [0.717, 1.165) is 10.9 Å². The minimum Gasteiger partial charge on any atom is -0.493 e. The predicted molar refractivity (Wildman–Crippen MR) is 168 cm³/mol. The van der Waals surface area contributed by atoms with Gasteiger partial charge in [0.15, 0.2) is 11.4 Å². The number of hydrogen-bond donors (Lipinski definition) is 3. The molecule has 2 aromatic carbocycles. The molecule has 0 aliphatic heterocycles. The third kappa shape index (κ3) is 10.2. The molecule has 0 atom stereocenters. The quantitative estimate of drug-likeness (QED) is 0.179. The second-order valence-electron chi connectivity index (χ2n) is 11.3. The van der Waals surface area contributed by atoms with Crippen LogP contribution in [-0.4, -0.2) is 40.8 Å². The fourth-order valence-corrected chi connectivity index (χ4v) is 3.98. The van der Waals surface area contributed by atoms with E-state index in [1.54, 1.807) is 65.0 Å². The number of hydrogen-bond acceptors (Lipinski definition) is 7. The molecule has 0 unspecified atom stereocenters.